The van der Waals surface area contributed by atoms with Crippen molar-refractivity contribution < 1.29 is 4.42 Å². The SMILES string of the molecule is c1ccc(N(c2ccc3c(c2)sc2ccccc23)c2cc(N(c3ccccc3)c3ccc4c(c3)sc3ccccc34)c3oc4ccc(-c5ccc(N(c6ccccc6)c6ccc7sc8ccccc8c7c6)c6ccccc56)cc4c3c2)cc1. The molecule has 0 fully saturated rings. The summed E-state index contributed by atoms with van der Waals surface area (Å²) in [6, 6.07) is 104. The first-order chi connectivity index (χ1) is 41.1. The molecule has 0 aliphatic rings. The molecule has 17 aromatic rings. The molecule has 4 aromatic heterocycles. The zero-order chi connectivity index (χ0) is 54.5. The molecule has 13 aromatic carbocycles. The smallest absolute Gasteiger partial charge is 0.159 e. The van der Waals surface area contributed by atoms with Gasteiger partial charge in [0.05, 0.1) is 11.4 Å². The van der Waals surface area contributed by atoms with Crippen molar-refractivity contribution in [1.29, 1.82) is 0 Å². The van der Waals surface area contributed by atoms with Gasteiger partial charge in [-0.2, -0.15) is 0 Å². The summed E-state index contributed by atoms with van der Waals surface area (Å²) in [6.45, 7) is 0. The molecule has 0 unspecified atom stereocenters. The zero-order valence-corrected chi connectivity index (χ0v) is 47.1. The Bertz CT molecular complexity index is 5370. The van der Waals surface area contributed by atoms with Gasteiger partial charge in [0.15, 0.2) is 5.58 Å². The van der Waals surface area contributed by atoms with Crippen LogP contribution in [0.1, 0.15) is 0 Å². The van der Waals surface area contributed by atoms with Crippen molar-refractivity contribution in [1.82, 2.24) is 0 Å². The fraction of sp³-hybridized carbons (Fsp3) is 0. The summed E-state index contributed by atoms with van der Waals surface area (Å²) < 4.78 is 14.9. The van der Waals surface area contributed by atoms with Crippen LogP contribution in [0.2, 0.25) is 0 Å². The fourth-order valence-electron chi connectivity index (χ4n) is 12.6. The van der Waals surface area contributed by atoms with Gasteiger partial charge in [-0.1, -0.05) is 158 Å². The number of anilines is 9. The highest BCUT2D eigenvalue weighted by Gasteiger charge is 2.26. The molecule has 0 atom stereocenters. The summed E-state index contributed by atoms with van der Waals surface area (Å²) in [5.74, 6) is 0. The maximum absolute atomic E-state index is 7.30. The molecular formula is C76H47N3OS3. The molecule has 0 N–H and O–H groups in total. The van der Waals surface area contributed by atoms with Crippen LogP contribution >= 0.6 is 34.0 Å². The molecule has 0 aliphatic carbocycles. The van der Waals surface area contributed by atoms with Gasteiger partial charge in [-0.05, 0) is 144 Å². The minimum absolute atomic E-state index is 0.809. The van der Waals surface area contributed by atoms with Crippen molar-refractivity contribution >= 4 is 178 Å². The van der Waals surface area contributed by atoms with Gasteiger partial charge in [0, 0.05) is 116 Å². The number of benzene rings is 13. The van der Waals surface area contributed by atoms with Gasteiger partial charge in [0.25, 0.3) is 0 Å². The quantitative estimate of drug-likeness (QED) is 0.136. The lowest BCUT2D eigenvalue weighted by Crippen LogP contribution is -2.13. The summed E-state index contributed by atoms with van der Waals surface area (Å²) in [5.41, 5.74) is 13.4. The number of furan rings is 1. The summed E-state index contributed by atoms with van der Waals surface area (Å²) in [4.78, 5) is 7.22. The van der Waals surface area contributed by atoms with Crippen LogP contribution in [0.15, 0.2) is 290 Å². The number of fused-ring (bicyclic) bond motifs is 13. The van der Waals surface area contributed by atoms with Crippen LogP contribution in [-0.4, -0.2) is 0 Å². The molecule has 390 valence electrons. The summed E-state index contributed by atoms with van der Waals surface area (Å²) in [7, 11) is 0. The van der Waals surface area contributed by atoms with Crippen LogP contribution in [0, 0.1) is 0 Å². The molecule has 0 aliphatic heterocycles. The number of para-hydroxylation sites is 3. The average molecular weight is 1110 g/mol. The second-order valence-electron chi connectivity index (χ2n) is 21.2. The van der Waals surface area contributed by atoms with Gasteiger partial charge in [-0.25, -0.2) is 0 Å². The van der Waals surface area contributed by atoms with Crippen LogP contribution in [0.5, 0.6) is 0 Å². The van der Waals surface area contributed by atoms with E-state index in [4.69, 9.17) is 4.42 Å². The Labute approximate surface area is 490 Å². The van der Waals surface area contributed by atoms with Gasteiger partial charge < -0.3 is 19.1 Å². The maximum atomic E-state index is 7.30. The Morgan fingerprint density at radius 2 is 0.675 bits per heavy atom. The largest absolute Gasteiger partial charge is 0.454 e. The number of thiophene rings is 3. The maximum Gasteiger partial charge on any atom is 0.159 e. The Balaban J connectivity index is 0.888. The van der Waals surface area contributed by atoms with Gasteiger partial charge in [-0.3, -0.25) is 0 Å². The molecule has 0 spiro atoms. The first-order valence-electron chi connectivity index (χ1n) is 28.0. The van der Waals surface area contributed by atoms with Crippen LogP contribution in [-0.2, 0) is 0 Å². The van der Waals surface area contributed by atoms with Crippen molar-refractivity contribution in [2.75, 3.05) is 14.7 Å². The summed E-state index contributed by atoms with van der Waals surface area (Å²) >= 11 is 5.53. The van der Waals surface area contributed by atoms with E-state index in [1.54, 1.807) is 0 Å². The Morgan fingerprint density at radius 3 is 1.29 bits per heavy atom. The standard InChI is InChI=1S/C76H47N3OS3/c1-4-18-49(19-5-1)77(53-33-36-62-59-26-12-15-29-70(59)82-74(62)46-53)55-44-66-64-42-48(32-40-69(64)80-76(66)68(45-55)79(51-22-8-3-9-23-51)54-34-37-63-60-27-13-16-30-71(60)83-75(63)47-54)56-38-39-67(58-25-11-10-24-57(56)58)78(50-20-6-2-7-21-50)52-35-41-73-65(43-52)61-28-14-17-31-72(61)81-73/h1-47H. The Morgan fingerprint density at radius 1 is 0.229 bits per heavy atom. The third-order valence-corrected chi connectivity index (χ3v) is 19.8. The average Bonchev–Trinajstić information content (AvgIpc) is 3.03. The number of nitrogens with zero attached hydrogens (tertiary/aromatic N) is 3. The minimum Gasteiger partial charge on any atom is -0.454 e. The molecule has 4 nitrogen and oxygen atoms in total. The number of hydrogen-bond acceptors (Lipinski definition) is 7. The third kappa shape index (κ3) is 7.92. The van der Waals surface area contributed by atoms with Gasteiger partial charge in [0.2, 0.25) is 0 Å². The minimum atomic E-state index is 0.809. The van der Waals surface area contributed by atoms with Gasteiger partial charge in [-0.15, -0.1) is 34.0 Å². The Kier molecular flexibility index (Phi) is 11.1. The molecule has 0 radical (unpaired) electrons. The fourth-order valence-corrected chi connectivity index (χ4v) is 16.0. The predicted octanol–water partition coefficient (Wildman–Crippen LogP) is 23.9. The highest BCUT2D eigenvalue weighted by Crippen LogP contribution is 2.51. The van der Waals surface area contributed by atoms with E-state index in [2.05, 4.69) is 300 Å². The predicted molar refractivity (Wildman–Crippen MR) is 359 cm³/mol. The molecule has 0 amide bonds. The molecule has 0 bridgehead atoms. The monoisotopic (exact) mass is 1110 g/mol. The van der Waals surface area contributed by atoms with Crippen molar-refractivity contribution in [3.05, 3.63) is 285 Å². The highest BCUT2D eigenvalue weighted by atomic mass is 32.1. The van der Waals surface area contributed by atoms with E-state index >= 15 is 0 Å². The van der Waals surface area contributed by atoms with E-state index in [1.807, 2.05) is 34.0 Å². The second kappa shape index (κ2) is 19.3. The lowest BCUT2D eigenvalue weighted by molar-refractivity contribution is 0.669. The van der Waals surface area contributed by atoms with Crippen LogP contribution in [0.25, 0.3) is 104 Å². The van der Waals surface area contributed by atoms with E-state index in [0.29, 0.717) is 0 Å². The van der Waals surface area contributed by atoms with Gasteiger partial charge >= 0.3 is 0 Å². The highest BCUT2D eigenvalue weighted by molar-refractivity contribution is 7.26. The molecule has 17 rings (SSSR count). The number of hydrogen-bond donors (Lipinski definition) is 0. The molecule has 83 heavy (non-hydrogen) atoms. The van der Waals surface area contributed by atoms with Crippen molar-refractivity contribution in [2.45, 2.75) is 0 Å². The molecule has 4 heterocycles. The lowest BCUT2D eigenvalue weighted by Gasteiger charge is -2.29. The lowest BCUT2D eigenvalue weighted by atomic mass is 9.95. The zero-order valence-electron chi connectivity index (χ0n) is 44.6. The van der Waals surface area contributed by atoms with E-state index in [9.17, 15) is 0 Å². The first-order valence-corrected chi connectivity index (χ1v) is 30.4. The van der Waals surface area contributed by atoms with Crippen molar-refractivity contribution in [2.24, 2.45) is 0 Å². The third-order valence-electron chi connectivity index (χ3n) is 16.4. The normalized spacial score (nSPS) is 11.9. The van der Waals surface area contributed by atoms with E-state index < -0.39 is 0 Å². The first kappa shape index (κ1) is 47.8. The molecule has 0 saturated carbocycles. The van der Waals surface area contributed by atoms with Crippen LogP contribution in [0.4, 0.5) is 51.2 Å². The van der Waals surface area contributed by atoms with Crippen LogP contribution < -0.4 is 14.7 Å². The van der Waals surface area contributed by atoms with Crippen LogP contribution in [0.3, 0.4) is 0 Å². The molecule has 7 heteroatoms. The second-order valence-corrected chi connectivity index (χ2v) is 24.4. The van der Waals surface area contributed by atoms with E-state index in [1.165, 1.54) is 65.9 Å². The topological polar surface area (TPSA) is 22.9 Å². The van der Waals surface area contributed by atoms with E-state index in [0.717, 1.165) is 89.6 Å². The van der Waals surface area contributed by atoms with E-state index in [-0.39, 0.29) is 0 Å². The molecular weight excluding hydrogens is 1070 g/mol. The van der Waals surface area contributed by atoms with Crippen molar-refractivity contribution in [3.8, 4) is 11.1 Å². The van der Waals surface area contributed by atoms with Crippen molar-refractivity contribution in [3.63, 3.8) is 0 Å². The summed E-state index contributed by atoms with van der Waals surface area (Å²) in [5, 5.41) is 12.0. The molecule has 0 saturated heterocycles. The van der Waals surface area contributed by atoms with Gasteiger partial charge in [0.1, 0.15) is 5.58 Å². The Hall–Kier alpha value is -10.0. The summed E-state index contributed by atoms with van der Waals surface area (Å²) in [6.07, 6.45) is 0. The number of rotatable bonds is 10.